The molecule has 1 saturated heterocycles. The highest BCUT2D eigenvalue weighted by Gasteiger charge is 2.25. The standard InChI is InChI=1S/C27H36N4O3/c32-20-21-10-16-30(17-11-21)26(33)23-6-7-25-24(18-23)19-29-12-4-2-1-3-5-15-31(25)27(34)22-8-13-28-14-9-22/h6-9,13-14,18,21,29,32H,1-5,10-12,15-17,19-20H2. The molecule has 2 amide bonds. The summed E-state index contributed by atoms with van der Waals surface area (Å²) in [6.45, 7) is 3.72. The highest BCUT2D eigenvalue weighted by molar-refractivity contribution is 6.06. The largest absolute Gasteiger partial charge is 0.396 e. The summed E-state index contributed by atoms with van der Waals surface area (Å²) in [5.74, 6) is 0.278. The minimum absolute atomic E-state index is 0.0253. The smallest absolute Gasteiger partial charge is 0.258 e. The van der Waals surface area contributed by atoms with Gasteiger partial charge in [0.15, 0.2) is 0 Å². The summed E-state index contributed by atoms with van der Waals surface area (Å²) in [5.41, 5.74) is 3.11. The van der Waals surface area contributed by atoms with Crippen molar-refractivity contribution in [3.05, 3.63) is 59.4 Å². The molecule has 2 aliphatic rings. The molecule has 34 heavy (non-hydrogen) atoms. The second-order valence-corrected chi connectivity index (χ2v) is 9.40. The summed E-state index contributed by atoms with van der Waals surface area (Å²) < 4.78 is 0. The molecular formula is C27H36N4O3. The Morgan fingerprint density at radius 3 is 2.41 bits per heavy atom. The SMILES string of the molecule is O=C(c1ccc2c(c1)CNCCCCCCCN2C(=O)c1ccncc1)N1CCC(CO)CC1. The number of carbonyl (C=O) groups is 2. The van der Waals surface area contributed by atoms with Gasteiger partial charge < -0.3 is 20.2 Å². The van der Waals surface area contributed by atoms with Crippen molar-refractivity contribution in [2.45, 2.75) is 51.5 Å². The Hall–Kier alpha value is -2.77. The maximum atomic E-state index is 13.5. The van der Waals surface area contributed by atoms with E-state index in [2.05, 4.69) is 10.3 Å². The van der Waals surface area contributed by atoms with Gasteiger partial charge in [-0.15, -0.1) is 0 Å². The zero-order valence-corrected chi connectivity index (χ0v) is 19.9. The number of amides is 2. The van der Waals surface area contributed by atoms with Gasteiger partial charge in [-0.3, -0.25) is 14.6 Å². The van der Waals surface area contributed by atoms with Crippen molar-refractivity contribution in [1.29, 1.82) is 0 Å². The fourth-order valence-electron chi connectivity index (χ4n) is 4.88. The zero-order valence-electron chi connectivity index (χ0n) is 19.9. The third-order valence-electron chi connectivity index (χ3n) is 7.00. The topological polar surface area (TPSA) is 85.8 Å². The first-order valence-electron chi connectivity index (χ1n) is 12.6. The molecule has 182 valence electrons. The van der Waals surface area contributed by atoms with Gasteiger partial charge in [-0.25, -0.2) is 0 Å². The number of rotatable bonds is 3. The van der Waals surface area contributed by atoms with Crippen molar-refractivity contribution < 1.29 is 14.7 Å². The molecule has 0 spiro atoms. The van der Waals surface area contributed by atoms with Crippen LogP contribution in [0.5, 0.6) is 0 Å². The first-order chi connectivity index (χ1) is 16.7. The molecule has 7 heteroatoms. The van der Waals surface area contributed by atoms with Crippen molar-refractivity contribution in [2.24, 2.45) is 5.92 Å². The molecule has 7 nitrogen and oxygen atoms in total. The van der Waals surface area contributed by atoms with E-state index in [1.165, 1.54) is 12.8 Å². The highest BCUT2D eigenvalue weighted by atomic mass is 16.3. The number of pyridine rings is 1. The summed E-state index contributed by atoms with van der Waals surface area (Å²) in [6.07, 6.45) is 10.5. The van der Waals surface area contributed by atoms with Crippen LogP contribution >= 0.6 is 0 Å². The Bertz CT molecular complexity index is 958. The first kappa shape index (κ1) is 24.4. The van der Waals surface area contributed by atoms with Gasteiger partial charge in [0, 0.05) is 62.0 Å². The van der Waals surface area contributed by atoms with Gasteiger partial charge in [0.2, 0.25) is 0 Å². The number of aliphatic hydroxyl groups excluding tert-OH is 1. The highest BCUT2D eigenvalue weighted by Crippen LogP contribution is 2.27. The Labute approximate surface area is 202 Å². The maximum Gasteiger partial charge on any atom is 0.258 e. The lowest BCUT2D eigenvalue weighted by atomic mass is 9.97. The number of anilines is 1. The molecule has 2 N–H and O–H groups in total. The van der Waals surface area contributed by atoms with Gasteiger partial charge in [0.1, 0.15) is 0 Å². The second kappa shape index (κ2) is 12.1. The van der Waals surface area contributed by atoms with E-state index in [4.69, 9.17) is 0 Å². The fraction of sp³-hybridized carbons (Fsp3) is 0.519. The Balaban J connectivity index is 1.62. The Morgan fingerprint density at radius 2 is 1.65 bits per heavy atom. The average molecular weight is 465 g/mol. The molecule has 3 heterocycles. The Morgan fingerprint density at radius 1 is 0.912 bits per heavy atom. The van der Waals surface area contributed by atoms with Crippen molar-refractivity contribution in [1.82, 2.24) is 15.2 Å². The van der Waals surface area contributed by atoms with E-state index in [0.29, 0.717) is 37.3 Å². The number of nitrogens with zero attached hydrogens (tertiary/aromatic N) is 3. The number of nitrogens with one attached hydrogen (secondary N) is 1. The molecule has 0 unspecified atom stereocenters. The summed E-state index contributed by atoms with van der Waals surface area (Å²) in [6, 6.07) is 9.27. The quantitative estimate of drug-likeness (QED) is 0.725. The number of hydrogen-bond donors (Lipinski definition) is 2. The number of hydrogen-bond acceptors (Lipinski definition) is 5. The van der Waals surface area contributed by atoms with Gasteiger partial charge in [-0.05, 0) is 74.0 Å². The number of aromatic nitrogens is 1. The van der Waals surface area contributed by atoms with Crippen LogP contribution in [0, 0.1) is 5.92 Å². The number of aliphatic hydroxyl groups is 1. The van der Waals surface area contributed by atoms with Crippen LogP contribution in [0.25, 0.3) is 0 Å². The molecule has 4 rings (SSSR count). The molecule has 2 aromatic rings. The predicted molar refractivity (Wildman–Crippen MR) is 133 cm³/mol. The number of carbonyl (C=O) groups excluding carboxylic acids is 2. The third kappa shape index (κ3) is 6.02. The van der Waals surface area contributed by atoms with E-state index >= 15 is 0 Å². The van der Waals surface area contributed by atoms with E-state index in [1.807, 2.05) is 28.0 Å². The maximum absolute atomic E-state index is 13.5. The first-order valence-corrected chi connectivity index (χ1v) is 12.6. The monoisotopic (exact) mass is 464 g/mol. The minimum Gasteiger partial charge on any atom is -0.396 e. The fourth-order valence-corrected chi connectivity index (χ4v) is 4.88. The Kier molecular flexibility index (Phi) is 8.66. The number of fused-ring (bicyclic) bond motifs is 1. The summed E-state index contributed by atoms with van der Waals surface area (Å²) >= 11 is 0. The van der Waals surface area contributed by atoms with Gasteiger partial charge in [-0.2, -0.15) is 0 Å². The van der Waals surface area contributed by atoms with E-state index in [0.717, 1.165) is 49.9 Å². The molecule has 0 bridgehead atoms. The van der Waals surface area contributed by atoms with E-state index in [1.54, 1.807) is 24.5 Å². The zero-order chi connectivity index (χ0) is 23.8. The van der Waals surface area contributed by atoms with E-state index in [-0.39, 0.29) is 24.3 Å². The average Bonchev–Trinajstić information content (AvgIpc) is 2.89. The van der Waals surface area contributed by atoms with Crippen LogP contribution in [0.3, 0.4) is 0 Å². The van der Waals surface area contributed by atoms with Crippen molar-refractivity contribution >= 4 is 17.5 Å². The molecule has 1 fully saturated rings. The molecule has 0 radical (unpaired) electrons. The third-order valence-corrected chi connectivity index (χ3v) is 7.00. The predicted octanol–water partition coefficient (Wildman–Crippen LogP) is 3.63. The number of piperidine rings is 1. The van der Waals surface area contributed by atoms with Crippen molar-refractivity contribution in [2.75, 3.05) is 37.7 Å². The number of benzene rings is 1. The summed E-state index contributed by atoms with van der Waals surface area (Å²) in [4.78, 5) is 34.5. The van der Waals surface area contributed by atoms with Gasteiger partial charge >= 0.3 is 0 Å². The van der Waals surface area contributed by atoms with Crippen LogP contribution in [0.2, 0.25) is 0 Å². The van der Waals surface area contributed by atoms with E-state index < -0.39 is 0 Å². The molecule has 0 saturated carbocycles. The van der Waals surface area contributed by atoms with Crippen LogP contribution in [0.4, 0.5) is 5.69 Å². The number of likely N-dealkylation sites (tertiary alicyclic amines) is 1. The summed E-state index contributed by atoms with van der Waals surface area (Å²) in [5, 5.41) is 12.9. The lowest BCUT2D eigenvalue weighted by Gasteiger charge is -2.31. The lowest BCUT2D eigenvalue weighted by molar-refractivity contribution is 0.0650. The van der Waals surface area contributed by atoms with E-state index in [9.17, 15) is 14.7 Å². The van der Waals surface area contributed by atoms with Crippen LogP contribution in [0.1, 0.15) is 71.2 Å². The molecule has 1 aromatic heterocycles. The molecule has 0 atom stereocenters. The van der Waals surface area contributed by atoms with Crippen LogP contribution < -0.4 is 10.2 Å². The lowest BCUT2D eigenvalue weighted by Crippen LogP contribution is -2.39. The summed E-state index contributed by atoms with van der Waals surface area (Å²) in [7, 11) is 0. The van der Waals surface area contributed by atoms with Gasteiger partial charge in [-0.1, -0.05) is 19.3 Å². The van der Waals surface area contributed by atoms with Crippen LogP contribution in [-0.4, -0.2) is 59.6 Å². The van der Waals surface area contributed by atoms with Crippen LogP contribution in [-0.2, 0) is 6.54 Å². The van der Waals surface area contributed by atoms with Crippen LogP contribution in [0.15, 0.2) is 42.7 Å². The van der Waals surface area contributed by atoms with Gasteiger partial charge in [0.25, 0.3) is 11.8 Å². The van der Waals surface area contributed by atoms with Gasteiger partial charge in [0.05, 0.1) is 0 Å². The molecule has 0 aliphatic carbocycles. The van der Waals surface area contributed by atoms with Crippen molar-refractivity contribution in [3.8, 4) is 0 Å². The molecule has 1 aromatic carbocycles. The minimum atomic E-state index is -0.0362. The van der Waals surface area contributed by atoms with Crippen molar-refractivity contribution in [3.63, 3.8) is 0 Å². The normalized spacial score (nSPS) is 18.5. The second-order valence-electron chi connectivity index (χ2n) is 9.40. The molecular weight excluding hydrogens is 428 g/mol. The molecule has 2 aliphatic heterocycles.